The fraction of sp³-hybridized carbons (Fsp3) is 0.400. The van der Waals surface area contributed by atoms with Crippen molar-refractivity contribution in [2.75, 3.05) is 37.0 Å². The van der Waals surface area contributed by atoms with Crippen LogP contribution in [-0.2, 0) is 14.8 Å². The molecule has 0 bridgehead atoms. The number of carboxylic acids is 1. The number of carbonyl (C=O) groups is 2. The highest BCUT2D eigenvalue weighted by Gasteiger charge is 2.52. The predicted molar refractivity (Wildman–Crippen MR) is 163 cm³/mol. The highest BCUT2D eigenvalue weighted by Crippen LogP contribution is 2.33. The van der Waals surface area contributed by atoms with Gasteiger partial charge in [-0.2, -0.15) is 4.72 Å². The highest BCUT2D eigenvalue weighted by molar-refractivity contribution is 7.89. The molecule has 13 heteroatoms. The molecule has 0 spiro atoms. The van der Waals surface area contributed by atoms with Crippen molar-refractivity contribution in [1.29, 1.82) is 0 Å². The van der Waals surface area contributed by atoms with Crippen molar-refractivity contribution in [2.24, 2.45) is 5.41 Å². The molecule has 1 fully saturated rings. The van der Waals surface area contributed by atoms with Crippen LogP contribution in [0.3, 0.4) is 0 Å². The minimum atomic E-state index is -4.29. The van der Waals surface area contributed by atoms with Gasteiger partial charge in [-0.05, 0) is 66.8 Å². The number of sulfonamides is 1. The summed E-state index contributed by atoms with van der Waals surface area (Å²) in [5.41, 5.74) is -1.99. The van der Waals surface area contributed by atoms with Gasteiger partial charge in [-0.3, -0.25) is 9.59 Å². The van der Waals surface area contributed by atoms with Crippen LogP contribution in [0.2, 0.25) is 0 Å². The van der Waals surface area contributed by atoms with Gasteiger partial charge < -0.3 is 25.4 Å². The largest absolute Gasteiger partial charge is 0.497 e. The first-order valence-electron chi connectivity index (χ1n) is 13.9. The quantitative estimate of drug-likeness (QED) is 0.254. The normalized spacial score (nSPS) is 15.8. The molecule has 0 unspecified atom stereocenters. The van der Waals surface area contributed by atoms with Crippen LogP contribution >= 0.6 is 0 Å². The van der Waals surface area contributed by atoms with Crippen molar-refractivity contribution < 1.29 is 27.9 Å². The maximum absolute atomic E-state index is 13.3. The maximum Gasteiger partial charge on any atom is 0.327 e. The molecule has 1 aromatic heterocycles. The Hall–Kier alpha value is -4.23. The zero-order valence-electron chi connectivity index (χ0n) is 24.7. The Labute approximate surface area is 251 Å². The molecule has 1 saturated heterocycles. The lowest BCUT2D eigenvalue weighted by atomic mass is 9.74. The van der Waals surface area contributed by atoms with Gasteiger partial charge in [0.15, 0.2) is 5.54 Å². The summed E-state index contributed by atoms with van der Waals surface area (Å²) in [4.78, 5) is 36.5. The lowest BCUT2D eigenvalue weighted by Gasteiger charge is -2.41. The number of nitrogens with one attached hydrogen (secondary N) is 3. The first-order valence-corrected chi connectivity index (χ1v) is 15.4. The average Bonchev–Trinajstić information content (AvgIpc) is 2.99. The Morgan fingerprint density at radius 2 is 1.67 bits per heavy atom. The summed E-state index contributed by atoms with van der Waals surface area (Å²) >= 11 is 0. The summed E-state index contributed by atoms with van der Waals surface area (Å²) in [6.45, 7) is 5.85. The van der Waals surface area contributed by atoms with Crippen molar-refractivity contribution in [3.8, 4) is 5.75 Å². The van der Waals surface area contributed by atoms with Crippen molar-refractivity contribution in [2.45, 2.75) is 50.1 Å². The van der Waals surface area contributed by atoms with E-state index in [-0.39, 0.29) is 10.9 Å². The van der Waals surface area contributed by atoms with E-state index in [1.807, 2.05) is 6.07 Å². The number of anilines is 2. The van der Waals surface area contributed by atoms with Gasteiger partial charge >= 0.3 is 5.97 Å². The topological polar surface area (TPSA) is 163 Å². The number of aromatic nitrogens is 2. The smallest absolute Gasteiger partial charge is 0.327 e. The molecule has 0 saturated carbocycles. The standard InChI is InChI=1S/C30H38N6O6S/c1-29(2,3)30(27(38)39,35-43(40,41)25-11-9-24(42-4)10-12-25)20-33-26(37)21-7-5-8-23(19-21)36-17-13-22(14-18-36)34-28-31-15-6-16-32-28/h5-12,15-16,19,22,35H,13-14,17-18,20H2,1-4H3,(H,33,37)(H,38,39)(H,31,32,34)/t30-/m0/s1. The molecule has 4 N–H and O–H groups in total. The van der Waals surface area contributed by atoms with E-state index in [4.69, 9.17) is 4.74 Å². The van der Waals surface area contributed by atoms with E-state index in [2.05, 4.69) is 30.2 Å². The molecule has 4 rings (SSSR count). The van der Waals surface area contributed by atoms with Crippen LogP contribution in [0.15, 0.2) is 71.9 Å². The predicted octanol–water partition coefficient (Wildman–Crippen LogP) is 3.14. The second kappa shape index (κ2) is 13.0. The van der Waals surface area contributed by atoms with E-state index < -0.39 is 39.4 Å². The summed E-state index contributed by atoms with van der Waals surface area (Å²) in [7, 11) is -2.83. The second-order valence-corrected chi connectivity index (χ2v) is 13.1. The van der Waals surface area contributed by atoms with Crippen molar-refractivity contribution >= 4 is 33.5 Å². The Bertz CT molecular complexity index is 1520. The first-order chi connectivity index (χ1) is 20.3. The molecular weight excluding hydrogens is 572 g/mol. The number of rotatable bonds is 11. The SMILES string of the molecule is COc1ccc(S(=O)(=O)N[C@@](CNC(=O)c2cccc(N3CCC(Nc4ncccn4)CC3)c2)(C(=O)O)C(C)(C)C)cc1. The molecule has 0 aliphatic carbocycles. The number of aliphatic carboxylic acids is 1. The third-order valence-corrected chi connectivity index (χ3v) is 9.22. The zero-order chi connectivity index (χ0) is 31.3. The first kappa shape index (κ1) is 31.7. The number of piperidine rings is 1. The molecule has 1 amide bonds. The number of hydrogen-bond donors (Lipinski definition) is 4. The Kier molecular flexibility index (Phi) is 9.55. The van der Waals surface area contributed by atoms with E-state index in [1.54, 1.807) is 57.4 Å². The fourth-order valence-electron chi connectivity index (χ4n) is 4.93. The molecule has 1 aliphatic heterocycles. The lowest BCUT2D eigenvalue weighted by molar-refractivity contribution is -0.148. The van der Waals surface area contributed by atoms with Crippen molar-refractivity contribution in [3.63, 3.8) is 0 Å². The number of hydrogen-bond acceptors (Lipinski definition) is 9. The molecule has 43 heavy (non-hydrogen) atoms. The minimum absolute atomic E-state index is 0.127. The van der Waals surface area contributed by atoms with Crippen LogP contribution in [-0.4, -0.2) is 73.7 Å². The number of amides is 1. The molecule has 230 valence electrons. The van der Waals surface area contributed by atoms with Crippen LogP contribution in [0.5, 0.6) is 5.75 Å². The zero-order valence-corrected chi connectivity index (χ0v) is 25.5. The van der Waals surface area contributed by atoms with Crippen LogP contribution in [0.1, 0.15) is 44.0 Å². The van der Waals surface area contributed by atoms with E-state index in [0.717, 1.165) is 31.6 Å². The van der Waals surface area contributed by atoms with Gasteiger partial charge in [-0.25, -0.2) is 18.4 Å². The summed E-state index contributed by atoms with van der Waals surface area (Å²) in [6.07, 6.45) is 5.10. The average molecular weight is 611 g/mol. The van der Waals surface area contributed by atoms with Gasteiger partial charge in [-0.1, -0.05) is 26.8 Å². The molecule has 1 atom stereocenters. The highest BCUT2D eigenvalue weighted by atomic mass is 32.2. The fourth-order valence-corrected chi connectivity index (χ4v) is 6.47. The van der Waals surface area contributed by atoms with E-state index in [9.17, 15) is 23.1 Å². The van der Waals surface area contributed by atoms with E-state index in [0.29, 0.717) is 17.3 Å². The van der Waals surface area contributed by atoms with Crippen LogP contribution in [0, 0.1) is 5.41 Å². The third kappa shape index (κ3) is 7.41. The number of benzene rings is 2. The summed E-state index contributed by atoms with van der Waals surface area (Å²) in [6, 6.07) is 14.7. The van der Waals surface area contributed by atoms with E-state index >= 15 is 0 Å². The number of nitrogens with zero attached hydrogens (tertiary/aromatic N) is 3. The van der Waals surface area contributed by atoms with Gasteiger partial charge in [0.25, 0.3) is 5.91 Å². The molecular formula is C30H38N6O6S. The maximum atomic E-state index is 13.3. The minimum Gasteiger partial charge on any atom is -0.497 e. The Morgan fingerprint density at radius 3 is 2.26 bits per heavy atom. The number of ether oxygens (including phenoxy) is 1. The number of methoxy groups -OCH3 is 1. The van der Waals surface area contributed by atoms with Gasteiger partial charge in [0.2, 0.25) is 16.0 Å². The monoisotopic (exact) mass is 610 g/mol. The Balaban J connectivity index is 1.46. The molecule has 1 aliphatic rings. The van der Waals surface area contributed by atoms with Crippen LogP contribution < -0.4 is 25.0 Å². The van der Waals surface area contributed by atoms with Gasteiger partial charge in [0.1, 0.15) is 5.75 Å². The molecule has 12 nitrogen and oxygen atoms in total. The molecule has 0 radical (unpaired) electrons. The van der Waals surface area contributed by atoms with Gasteiger partial charge in [-0.15, -0.1) is 0 Å². The summed E-state index contributed by atoms with van der Waals surface area (Å²) < 4.78 is 34.1. The second-order valence-electron chi connectivity index (χ2n) is 11.5. The van der Waals surface area contributed by atoms with Gasteiger partial charge in [0.05, 0.1) is 12.0 Å². The third-order valence-electron chi connectivity index (χ3n) is 7.71. The number of carboxylic acid groups (broad SMARTS) is 1. The Morgan fingerprint density at radius 1 is 1.02 bits per heavy atom. The van der Waals surface area contributed by atoms with Crippen LogP contribution in [0.25, 0.3) is 0 Å². The van der Waals surface area contributed by atoms with Crippen LogP contribution in [0.4, 0.5) is 11.6 Å². The van der Waals surface area contributed by atoms with Crippen molar-refractivity contribution in [3.05, 3.63) is 72.6 Å². The number of carbonyl (C=O) groups excluding carboxylic acids is 1. The molecule has 3 aromatic rings. The summed E-state index contributed by atoms with van der Waals surface area (Å²) in [5, 5.41) is 16.4. The van der Waals surface area contributed by atoms with Crippen molar-refractivity contribution in [1.82, 2.24) is 20.0 Å². The molecule has 2 aromatic carbocycles. The summed E-state index contributed by atoms with van der Waals surface area (Å²) in [5.74, 6) is -0.878. The molecule has 2 heterocycles. The van der Waals surface area contributed by atoms with Gasteiger partial charge in [0, 0.05) is 49.3 Å². The lowest BCUT2D eigenvalue weighted by Crippen LogP contribution is -2.67. The van der Waals surface area contributed by atoms with E-state index in [1.165, 1.54) is 31.4 Å².